The van der Waals surface area contributed by atoms with E-state index < -0.39 is 16.0 Å². The molecule has 0 aliphatic rings. The number of carboxylic acids is 1. The molecule has 3 rings (SSSR count). The van der Waals surface area contributed by atoms with Gasteiger partial charge in [0.2, 0.25) is 0 Å². The number of nitrogens with zero attached hydrogens (tertiary/aromatic N) is 1. The maximum absolute atomic E-state index is 12.3. The monoisotopic (exact) mass is 454 g/mol. The zero-order chi connectivity index (χ0) is 23.1. The number of hydrogen-bond acceptors (Lipinski definition) is 6. The molecule has 9 heteroatoms. The molecule has 166 valence electrons. The highest BCUT2D eigenvalue weighted by Crippen LogP contribution is 2.28. The van der Waals surface area contributed by atoms with Crippen LogP contribution in [0.2, 0.25) is 0 Å². The van der Waals surface area contributed by atoms with Crippen LogP contribution in [0.1, 0.15) is 27.0 Å². The lowest BCUT2D eigenvalue weighted by atomic mass is 10.1. The Kier molecular flexibility index (Phi) is 7.11. The number of ether oxygens (including phenoxy) is 2. The zero-order valence-electron chi connectivity index (χ0n) is 17.5. The number of methoxy groups -OCH3 is 1. The summed E-state index contributed by atoms with van der Waals surface area (Å²) in [5.41, 5.74) is 2.42. The molecule has 8 nitrogen and oxygen atoms in total. The number of rotatable bonds is 9. The van der Waals surface area contributed by atoms with Crippen molar-refractivity contribution >= 4 is 22.2 Å². The third-order valence-electron chi connectivity index (χ3n) is 4.47. The highest BCUT2D eigenvalue weighted by atomic mass is 32.2. The third-order valence-corrected chi connectivity index (χ3v) is 5.71. The fraction of sp³-hybridized carbons (Fsp3) is 0.130. The van der Waals surface area contributed by atoms with Crippen molar-refractivity contribution in [3.05, 3.63) is 89.0 Å². The average molecular weight is 455 g/mol. The summed E-state index contributed by atoms with van der Waals surface area (Å²) < 4.78 is 35.7. The Morgan fingerprint density at radius 3 is 2.50 bits per heavy atom. The molecule has 0 amide bonds. The largest absolute Gasteiger partial charge is 0.493 e. The highest BCUT2D eigenvalue weighted by molar-refractivity contribution is 7.89. The first-order valence-corrected chi connectivity index (χ1v) is 11.0. The number of aryl methyl sites for hydroxylation is 1. The Morgan fingerprint density at radius 2 is 1.81 bits per heavy atom. The van der Waals surface area contributed by atoms with E-state index in [1.807, 2.05) is 6.92 Å². The van der Waals surface area contributed by atoms with Crippen LogP contribution in [0.25, 0.3) is 0 Å². The van der Waals surface area contributed by atoms with E-state index in [1.165, 1.54) is 37.6 Å². The summed E-state index contributed by atoms with van der Waals surface area (Å²) >= 11 is 0. The topological polar surface area (TPSA) is 114 Å². The molecule has 0 aliphatic carbocycles. The van der Waals surface area contributed by atoms with Crippen molar-refractivity contribution in [2.24, 2.45) is 5.10 Å². The van der Waals surface area contributed by atoms with E-state index in [-0.39, 0.29) is 17.1 Å². The summed E-state index contributed by atoms with van der Waals surface area (Å²) in [6, 6.07) is 17.9. The maximum Gasteiger partial charge on any atom is 0.335 e. The van der Waals surface area contributed by atoms with Gasteiger partial charge in [-0.3, -0.25) is 0 Å². The second-order valence-corrected chi connectivity index (χ2v) is 8.53. The first kappa shape index (κ1) is 22.8. The molecule has 0 aliphatic heterocycles. The first-order chi connectivity index (χ1) is 15.3. The van der Waals surface area contributed by atoms with Crippen molar-refractivity contribution in [1.82, 2.24) is 4.83 Å². The number of hydrogen-bond donors (Lipinski definition) is 2. The number of carbonyl (C=O) groups is 1. The molecule has 2 N–H and O–H groups in total. The number of benzene rings is 3. The second-order valence-electron chi connectivity index (χ2n) is 6.87. The molecule has 0 spiro atoms. The van der Waals surface area contributed by atoms with Crippen LogP contribution in [-0.4, -0.2) is 32.8 Å². The van der Waals surface area contributed by atoms with E-state index in [0.717, 1.165) is 5.56 Å². The quantitative estimate of drug-likeness (QED) is 0.377. The molecule has 0 saturated heterocycles. The van der Waals surface area contributed by atoms with E-state index in [1.54, 1.807) is 42.5 Å². The molecule has 0 atom stereocenters. The Bertz CT molecular complexity index is 1240. The average Bonchev–Trinajstić information content (AvgIpc) is 2.78. The molecule has 32 heavy (non-hydrogen) atoms. The number of carboxylic acid groups (broad SMARTS) is 1. The minimum absolute atomic E-state index is 0.119. The highest BCUT2D eigenvalue weighted by Gasteiger charge is 2.12. The smallest absolute Gasteiger partial charge is 0.335 e. The first-order valence-electron chi connectivity index (χ1n) is 9.53. The van der Waals surface area contributed by atoms with Gasteiger partial charge in [-0.15, -0.1) is 0 Å². The van der Waals surface area contributed by atoms with Crippen molar-refractivity contribution in [3.8, 4) is 11.5 Å². The van der Waals surface area contributed by atoms with Gasteiger partial charge in [-0.1, -0.05) is 29.8 Å². The SMILES string of the molecule is COc1cc(C=NNS(=O)(=O)c2ccc(C)cc2)ccc1OCc1cccc(C(=O)O)c1. The van der Waals surface area contributed by atoms with Gasteiger partial charge >= 0.3 is 5.97 Å². The van der Waals surface area contributed by atoms with Crippen LogP contribution in [0.4, 0.5) is 0 Å². The molecule has 3 aromatic carbocycles. The van der Waals surface area contributed by atoms with Gasteiger partial charge in [0.15, 0.2) is 11.5 Å². The molecule has 0 aromatic heterocycles. The van der Waals surface area contributed by atoms with Gasteiger partial charge in [-0.25, -0.2) is 9.63 Å². The fourth-order valence-corrected chi connectivity index (χ4v) is 3.57. The molecule has 0 bridgehead atoms. The van der Waals surface area contributed by atoms with E-state index in [2.05, 4.69) is 9.93 Å². The van der Waals surface area contributed by atoms with Crippen molar-refractivity contribution in [1.29, 1.82) is 0 Å². The molecule has 3 aromatic rings. The van der Waals surface area contributed by atoms with Gasteiger partial charge < -0.3 is 14.6 Å². The summed E-state index contributed by atoms with van der Waals surface area (Å²) in [7, 11) is -2.29. The molecular weight excluding hydrogens is 432 g/mol. The number of sulfonamides is 1. The Labute approximate surface area is 186 Å². The Morgan fingerprint density at radius 1 is 1.06 bits per heavy atom. The minimum Gasteiger partial charge on any atom is -0.493 e. The summed E-state index contributed by atoms with van der Waals surface area (Å²) in [6.45, 7) is 2.02. The number of hydrazone groups is 1. The molecule has 0 fully saturated rings. The lowest BCUT2D eigenvalue weighted by Gasteiger charge is -2.11. The summed E-state index contributed by atoms with van der Waals surface area (Å²) in [5, 5.41) is 12.9. The Balaban J connectivity index is 1.67. The minimum atomic E-state index is -3.77. The number of nitrogens with one attached hydrogen (secondary N) is 1. The van der Waals surface area contributed by atoms with Crippen LogP contribution >= 0.6 is 0 Å². The van der Waals surface area contributed by atoms with Gasteiger partial charge in [-0.05, 0) is 60.5 Å². The number of aromatic carboxylic acids is 1. The lowest BCUT2D eigenvalue weighted by molar-refractivity contribution is 0.0696. The van der Waals surface area contributed by atoms with Crippen LogP contribution in [0.3, 0.4) is 0 Å². The van der Waals surface area contributed by atoms with Gasteiger partial charge in [0.1, 0.15) is 6.61 Å². The normalized spacial score (nSPS) is 11.3. The molecular formula is C23H22N2O6S. The van der Waals surface area contributed by atoms with Gasteiger partial charge in [-0.2, -0.15) is 13.5 Å². The third kappa shape index (κ3) is 5.86. The van der Waals surface area contributed by atoms with Gasteiger partial charge in [0, 0.05) is 0 Å². The van der Waals surface area contributed by atoms with Crippen LogP contribution in [0.5, 0.6) is 11.5 Å². The van der Waals surface area contributed by atoms with Crippen LogP contribution < -0.4 is 14.3 Å². The summed E-state index contributed by atoms with van der Waals surface area (Å²) in [5.74, 6) is -0.138. The van der Waals surface area contributed by atoms with Crippen LogP contribution in [0, 0.1) is 6.92 Å². The zero-order valence-corrected chi connectivity index (χ0v) is 18.3. The molecule has 0 unspecified atom stereocenters. The standard InChI is InChI=1S/C23H22N2O6S/c1-16-6-9-20(10-7-16)32(28,29)25-24-14-17-8-11-21(22(13-17)30-2)31-15-18-4-3-5-19(12-18)23(26)27/h3-14,25H,15H2,1-2H3,(H,26,27). The predicted octanol–water partition coefficient (Wildman–Crippen LogP) is 3.59. The van der Waals surface area contributed by atoms with Gasteiger partial charge in [0.25, 0.3) is 10.0 Å². The van der Waals surface area contributed by atoms with Crippen molar-refractivity contribution in [2.45, 2.75) is 18.4 Å². The van der Waals surface area contributed by atoms with Crippen molar-refractivity contribution < 1.29 is 27.8 Å². The Hall–Kier alpha value is -3.85. The van der Waals surface area contributed by atoms with Crippen LogP contribution in [0.15, 0.2) is 76.7 Å². The van der Waals surface area contributed by atoms with Crippen LogP contribution in [-0.2, 0) is 16.6 Å². The van der Waals surface area contributed by atoms with E-state index in [9.17, 15) is 13.2 Å². The fourth-order valence-electron chi connectivity index (χ4n) is 2.78. The maximum atomic E-state index is 12.3. The van der Waals surface area contributed by atoms with E-state index in [0.29, 0.717) is 22.6 Å². The predicted molar refractivity (Wildman–Crippen MR) is 120 cm³/mol. The van der Waals surface area contributed by atoms with Gasteiger partial charge in [0.05, 0.1) is 23.8 Å². The summed E-state index contributed by atoms with van der Waals surface area (Å²) in [4.78, 5) is 13.4. The second kappa shape index (κ2) is 9.97. The van der Waals surface area contributed by atoms with Crippen molar-refractivity contribution in [3.63, 3.8) is 0 Å². The van der Waals surface area contributed by atoms with E-state index >= 15 is 0 Å². The van der Waals surface area contributed by atoms with Crippen molar-refractivity contribution in [2.75, 3.05) is 7.11 Å². The molecule has 0 heterocycles. The van der Waals surface area contributed by atoms with E-state index in [4.69, 9.17) is 14.6 Å². The summed E-state index contributed by atoms with van der Waals surface area (Å²) in [6.07, 6.45) is 1.36. The lowest BCUT2D eigenvalue weighted by Crippen LogP contribution is -2.18. The molecule has 0 radical (unpaired) electrons. The molecule has 0 saturated carbocycles.